The molecule has 0 spiro atoms. The third-order valence-corrected chi connectivity index (χ3v) is 8.45. The molecule has 6 rings (SSSR count). The fourth-order valence-corrected chi connectivity index (χ4v) is 6.17. The lowest BCUT2D eigenvalue weighted by molar-refractivity contribution is 0.0246. The molecule has 198 valence electrons. The molecule has 0 aliphatic carbocycles. The van der Waals surface area contributed by atoms with Gasteiger partial charge in [0.25, 0.3) is 6.43 Å². The van der Waals surface area contributed by atoms with Gasteiger partial charge in [-0.25, -0.2) is 22.5 Å². The predicted octanol–water partition coefficient (Wildman–Crippen LogP) is 3.74. The molecular formula is C23H21BrClF4N5O3. The van der Waals surface area contributed by atoms with E-state index in [4.69, 9.17) is 25.5 Å². The van der Waals surface area contributed by atoms with Gasteiger partial charge >= 0.3 is 5.95 Å². The maximum Gasteiger partial charge on any atom is 0.302 e. The Bertz CT molecular complexity index is 1380. The van der Waals surface area contributed by atoms with Gasteiger partial charge in [0.05, 0.1) is 44.6 Å². The lowest BCUT2D eigenvalue weighted by atomic mass is 9.95. The Balaban J connectivity index is 1.47. The Morgan fingerprint density at radius 2 is 2.19 bits per heavy atom. The van der Waals surface area contributed by atoms with Crippen molar-refractivity contribution in [2.45, 2.75) is 37.4 Å². The fraction of sp³-hybridized carbons (Fsp3) is 0.478. The first-order valence-corrected chi connectivity index (χ1v) is 12.8. The van der Waals surface area contributed by atoms with Crippen molar-refractivity contribution in [1.82, 2.24) is 14.8 Å². The van der Waals surface area contributed by atoms with E-state index in [2.05, 4.69) is 25.9 Å². The number of oxazole rings is 1. The van der Waals surface area contributed by atoms with Crippen molar-refractivity contribution >= 4 is 39.2 Å². The molecule has 4 aliphatic rings. The number of anilines is 1. The van der Waals surface area contributed by atoms with E-state index in [1.165, 1.54) is 28.6 Å². The van der Waals surface area contributed by atoms with Crippen LogP contribution in [0, 0.1) is 5.82 Å². The SMILES string of the molecule is Fc1c(Br)c(Cl)c2c3c1OC(OC[C@@]14CCCN1C[C@H](F)C4)=CN(CC(F)F)C=3N(c1cnco1)CN=2. The molecule has 14 heteroatoms. The van der Waals surface area contributed by atoms with Gasteiger partial charge in [-0.3, -0.25) is 14.8 Å². The van der Waals surface area contributed by atoms with Crippen molar-refractivity contribution in [2.24, 2.45) is 4.99 Å². The lowest BCUT2D eigenvalue weighted by Crippen LogP contribution is -2.47. The van der Waals surface area contributed by atoms with Gasteiger partial charge in [-0.15, -0.1) is 0 Å². The lowest BCUT2D eigenvalue weighted by Gasteiger charge is -2.32. The second-order valence-electron chi connectivity index (χ2n) is 9.34. The van der Waals surface area contributed by atoms with Crippen LogP contribution in [-0.2, 0) is 4.74 Å². The number of rotatable bonds is 6. The molecule has 0 radical (unpaired) electrons. The molecule has 5 heterocycles. The maximum atomic E-state index is 15.6. The quantitative estimate of drug-likeness (QED) is 0.367. The van der Waals surface area contributed by atoms with Crippen LogP contribution in [0.3, 0.4) is 0 Å². The molecule has 0 bridgehead atoms. The molecule has 0 amide bonds. The largest absolute Gasteiger partial charge is 0.462 e. The summed E-state index contributed by atoms with van der Waals surface area (Å²) in [4.78, 5) is 13.1. The number of ether oxygens (including phenoxy) is 2. The number of hydrogen-bond donors (Lipinski definition) is 0. The highest BCUT2D eigenvalue weighted by Crippen LogP contribution is 2.41. The van der Waals surface area contributed by atoms with Crippen LogP contribution in [0.25, 0.3) is 5.82 Å². The van der Waals surface area contributed by atoms with Crippen molar-refractivity contribution in [3.8, 4) is 5.75 Å². The van der Waals surface area contributed by atoms with Crippen LogP contribution in [0.5, 0.6) is 5.75 Å². The minimum absolute atomic E-state index is 0.0311. The van der Waals surface area contributed by atoms with E-state index >= 15 is 4.39 Å². The molecule has 2 saturated heterocycles. The summed E-state index contributed by atoms with van der Waals surface area (Å²) in [6, 6.07) is 0. The molecule has 2 aromatic rings. The second-order valence-corrected chi connectivity index (χ2v) is 10.5. The van der Waals surface area contributed by atoms with E-state index < -0.39 is 30.5 Å². The van der Waals surface area contributed by atoms with Gasteiger partial charge in [-0.2, -0.15) is 0 Å². The minimum atomic E-state index is -2.77. The fourth-order valence-electron chi connectivity index (χ4n) is 5.56. The van der Waals surface area contributed by atoms with Gasteiger partial charge in [0.1, 0.15) is 25.3 Å². The third-order valence-electron chi connectivity index (χ3n) is 7.11. The molecule has 37 heavy (non-hydrogen) atoms. The second kappa shape index (κ2) is 9.35. The topological polar surface area (TPSA) is 66.6 Å². The van der Waals surface area contributed by atoms with Crippen LogP contribution >= 0.6 is 27.5 Å². The molecule has 8 nitrogen and oxygen atoms in total. The first kappa shape index (κ1) is 24.8. The van der Waals surface area contributed by atoms with Crippen LogP contribution in [0.1, 0.15) is 19.3 Å². The van der Waals surface area contributed by atoms with Crippen LogP contribution in [0.2, 0.25) is 5.02 Å². The molecule has 0 N–H and O–H groups in total. The smallest absolute Gasteiger partial charge is 0.302 e. The predicted molar refractivity (Wildman–Crippen MR) is 128 cm³/mol. The highest BCUT2D eigenvalue weighted by atomic mass is 79.9. The first-order chi connectivity index (χ1) is 17.8. The molecule has 2 atom stereocenters. The zero-order valence-electron chi connectivity index (χ0n) is 19.3. The highest BCUT2D eigenvalue weighted by Gasteiger charge is 2.49. The van der Waals surface area contributed by atoms with Crippen LogP contribution in [0.4, 0.5) is 23.4 Å². The van der Waals surface area contributed by atoms with Crippen molar-refractivity contribution in [3.63, 3.8) is 0 Å². The van der Waals surface area contributed by atoms with E-state index in [1.54, 1.807) is 0 Å². The van der Waals surface area contributed by atoms with Gasteiger partial charge < -0.3 is 18.8 Å². The summed E-state index contributed by atoms with van der Waals surface area (Å²) in [5.41, 5.74) is -0.529. The summed E-state index contributed by atoms with van der Waals surface area (Å²) in [6.07, 6.45) is 1.99. The Labute approximate surface area is 221 Å². The monoisotopic (exact) mass is 605 g/mol. The molecule has 1 aromatic heterocycles. The molecule has 0 unspecified atom stereocenters. The van der Waals surface area contributed by atoms with E-state index in [0.717, 1.165) is 19.4 Å². The van der Waals surface area contributed by atoms with Crippen LogP contribution in [-0.4, -0.2) is 65.8 Å². The van der Waals surface area contributed by atoms with Crippen LogP contribution in [0.15, 0.2) is 38.6 Å². The first-order valence-electron chi connectivity index (χ1n) is 11.6. The normalized spacial score (nSPS) is 25.0. The van der Waals surface area contributed by atoms with Gasteiger partial charge in [0, 0.05) is 13.0 Å². The molecule has 0 saturated carbocycles. The average Bonchev–Trinajstić information content (AvgIpc) is 3.56. The Hall–Kier alpha value is -2.51. The molecular weight excluding hydrogens is 586 g/mol. The zero-order chi connectivity index (χ0) is 25.9. The number of nitrogens with zero attached hydrogens (tertiary/aromatic N) is 5. The molecule has 4 aliphatic heterocycles. The Kier molecular flexibility index (Phi) is 6.27. The number of halogens is 6. The third kappa shape index (κ3) is 4.15. The van der Waals surface area contributed by atoms with E-state index in [1.807, 2.05) is 4.90 Å². The van der Waals surface area contributed by atoms with Crippen molar-refractivity contribution < 1.29 is 31.5 Å². The van der Waals surface area contributed by atoms with Gasteiger partial charge in [0.15, 0.2) is 18.0 Å². The van der Waals surface area contributed by atoms with E-state index in [9.17, 15) is 13.2 Å². The summed E-state index contributed by atoms with van der Waals surface area (Å²) in [5.74, 6) is -1.04. The van der Waals surface area contributed by atoms with Crippen molar-refractivity contribution in [3.05, 3.63) is 50.6 Å². The minimum Gasteiger partial charge on any atom is -0.462 e. The van der Waals surface area contributed by atoms with Gasteiger partial charge in [0.2, 0.25) is 5.88 Å². The highest BCUT2D eigenvalue weighted by molar-refractivity contribution is 9.10. The maximum absolute atomic E-state index is 15.6. The molecule has 2 fully saturated rings. The molecule has 1 aromatic carbocycles. The summed E-state index contributed by atoms with van der Waals surface area (Å²) < 4.78 is 74.7. The number of fused-ring (bicyclic) bond motifs is 1. The standard InChI is InChI=1S/C23H21BrClF4N5O3/c24-17-18(25)20-16-21(19(17)29)37-15(35-9-23-2-1-3-33(23)6-12(26)4-23)8-32(7-13(27)28)22(16)34(10-31-20)14-5-30-11-36-14/h5,8,11-13H,1-4,6-7,9-10H2/t12-,23+/m1/s1. The van der Waals surface area contributed by atoms with E-state index in [-0.39, 0.29) is 56.7 Å². The number of hydrogen-bond acceptors (Lipinski definition) is 8. The Morgan fingerprint density at radius 1 is 1.35 bits per heavy atom. The number of aromatic nitrogens is 1. The average molecular weight is 607 g/mol. The number of benzene rings is 1. The van der Waals surface area contributed by atoms with E-state index in [0.29, 0.717) is 13.0 Å². The number of alkyl halides is 3. The summed E-state index contributed by atoms with van der Waals surface area (Å²) in [7, 11) is 0. The zero-order valence-corrected chi connectivity index (χ0v) is 21.6. The van der Waals surface area contributed by atoms with Crippen molar-refractivity contribution in [2.75, 3.05) is 37.8 Å². The summed E-state index contributed by atoms with van der Waals surface area (Å²) >= 11 is 9.56. The van der Waals surface area contributed by atoms with Gasteiger partial charge in [-0.05, 0) is 35.3 Å². The van der Waals surface area contributed by atoms with Crippen LogP contribution < -0.4 is 20.2 Å². The summed E-state index contributed by atoms with van der Waals surface area (Å²) in [5, 5.41) is 0.201. The Morgan fingerprint density at radius 3 is 2.95 bits per heavy atom. The summed E-state index contributed by atoms with van der Waals surface area (Å²) in [6.45, 7) is 0.298. The van der Waals surface area contributed by atoms with Crippen molar-refractivity contribution in [1.29, 1.82) is 0 Å². The van der Waals surface area contributed by atoms with Gasteiger partial charge in [-0.1, -0.05) is 11.6 Å².